The Kier molecular flexibility index (Phi) is 3.35. The molecule has 0 spiro atoms. The van der Waals surface area contributed by atoms with E-state index < -0.39 is 17.2 Å². The van der Waals surface area contributed by atoms with E-state index in [0.29, 0.717) is 0 Å². The number of halogens is 2. The lowest BCUT2D eigenvalue weighted by atomic mass is 10.1. The van der Waals surface area contributed by atoms with Crippen LogP contribution in [0.2, 0.25) is 0 Å². The minimum Gasteiger partial charge on any atom is -0.494 e. The molecule has 2 aromatic rings. The molecular formula is C12H9F2N5O. The van der Waals surface area contributed by atoms with Gasteiger partial charge in [-0.15, -0.1) is 0 Å². The second kappa shape index (κ2) is 4.97. The summed E-state index contributed by atoms with van der Waals surface area (Å²) in [6.45, 7) is 0. The van der Waals surface area contributed by atoms with Crippen LogP contribution >= 0.6 is 0 Å². The van der Waals surface area contributed by atoms with E-state index in [0.717, 1.165) is 12.1 Å². The highest BCUT2D eigenvalue weighted by Crippen LogP contribution is 2.33. The van der Waals surface area contributed by atoms with Gasteiger partial charge in [0.2, 0.25) is 5.95 Å². The Morgan fingerprint density at radius 2 is 1.95 bits per heavy atom. The molecule has 0 saturated heterocycles. The van der Waals surface area contributed by atoms with E-state index in [1.54, 1.807) is 6.07 Å². The zero-order chi connectivity index (χ0) is 14.9. The number of nitrogens with two attached hydrogens (primary N) is 2. The van der Waals surface area contributed by atoms with Gasteiger partial charge in [0.15, 0.2) is 11.6 Å². The van der Waals surface area contributed by atoms with Gasteiger partial charge < -0.3 is 16.2 Å². The number of ether oxygens (including phenoxy) is 1. The van der Waals surface area contributed by atoms with Crippen molar-refractivity contribution in [1.82, 2.24) is 9.97 Å². The van der Waals surface area contributed by atoms with Crippen molar-refractivity contribution in [3.05, 3.63) is 29.3 Å². The maximum atomic E-state index is 14.2. The van der Waals surface area contributed by atoms with Gasteiger partial charge in [0.05, 0.1) is 12.7 Å². The Labute approximate surface area is 112 Å². The number of aromatic nitrogens is 2. The number of nitrogens with zero attached hydrogens (tertiary/aromatic N) is 3. The third kappa shape index (κ3) is 2.05. The van der Waals surface area contributed by atoms with Crippen LogP contribution in [0.1, 0.15) is 5.56 Å². The third-order valence-corrected chi connectivity index (χ3v) is 2.58. The van der Waals surface area contributed by atoms with Crippen LogP contribution in [0.5, 0.6) is 5.75 Å². The molecule has 1 heterocycles. The summed E-state index contributed by atoms with van der Waals surface area (Å²) in [6.07, 6.45) is 0. The second-order valence-electron chi connectivity index (χ2n) is 3.74. The summed E-state index contributed by atoms with van der Waals surface area (Å²) < 4.78 is 32.8. The van der Waals surface area contributed by atoms with Crippen molar-refractivity contribution in [3.8, 4) is 23.1 Å². The van der Waals surface area contributed by atoms with Crippen LogP contribution in [0.25, 0.3) is 11.3 Å². The van der Waals surface area contributed by atoms with Crippen molar-refractivity contribution in [2.75, 3.05) is 18.6 Å². The molecule has 0 atom stereocenters. The molecule has 0 amide bonds. The summed E-state index contributed by atoms with van der Waals surface area (Å²) >= 11 is 0. The lowest BCUT2D eigenvalue weighted by Gasteiger charge is -2.10. The Balaban J connectivity index is 2.85. The molecule has 6 nitrogen and oxygen atoms in total. The predicted octanol–water partition coefficient (Wildman–Crippen LogP) is 1.47. The number of anilines is 2. The minimum atomic E-state index is -0.999. The summed E-state index contributed by atoms with van der Waals surface area (Å²) in [5.74, 6) is -2.66. The molecular weight excluding hydrogens is 268 g/mol. The van der Waals surface area contributed by atoms with Crippen LogP contribution < -0.4 is 16.2 Å². The maximum absolute atomic E-state index is 14.2. The van der Waals surface area contributed by atoms with Gasteiger partial charge in [-0.05, 0) is 12.1 Å². The SMILES string of the molecule is COc1ccc(F)c(-c2nc(N)nc(N)c2C#N)c1F. The maximum Gasteiger partial charge on any atom is 0.222 e. The van der Waals surface area contributed by atoms with Crippen molar-refractivity contribution in [3.63, 3.8) is 0 Å². The van der Waals surface area contributed by atoms with Crippen molar-refractivity contribution in [2.24, 2.45) is 0 Å². The van der Waals surface area contributed by atoms with Crippen LogP contribution in [-0.4, -0.2) is 17.1 Å². The molecule has 0 bridgehead atoms. The Hall–Kier alpha value is -2.95. The highest BCUT2D eigenvalue weighted by Gasteiger charge is 2.22. The largest absolute Gasteiger partial charge is 0.494 e. The van der Waals surface area contributed by atoms with E-state index in [4.69, 9.17) is 21.5 Å². The van der Waals surface area contributed by atoms with Gasteiger partial charge in [0, 0.05) is 0 Å². The number of hydrogen-bond donors (Lipinski definition) is 2. The molecule has 20 heavy (non-hydrogen) atoms. The van der Waals surface area contributed by atoms with Gasteiger partial charge in [-0.3, -0.25) is 0 Å². The van der Waals surface area contributed by atoms with Gasteiger partial charge >= 0.3 is 0 Å². The molecule has 2 rings (SSSR count). The zero-order valence-electron chi connectivity index (χ0n) is 10.3. The van der Waals surface area contributed by atoms with Gasteiger partial charge in [-0.25, -0.2) is 13.8 Å². The zero-order valence-corrected chi connectivity index (χ0v) is 10.3. The number of nitriles is 1. The third-order valence-electron chi connectivity index (χ3n) is 2.58. The molecule has 0 aliphatic rings. The Bertz CT molecular complexity index is 727. The van der Waals surface area contributed by atoms with Gasteiger partial charge in [0.25, 0.3) is 0 Å². The number of benzene rings is 1. The summed E-state index contributed by atoms with van der Waals surface area (Å²) in [5.41, 5.74) is 9.80. The molecule has 0 unspecified atom stereocenters. The first-order chi connectivity index (χ1) is 9.49. The van der Waals surface area contributed by atoms with Crippen LogP contribution in [-0.2, 0) is 0 Å². The Morgan fingerprint density at radius 3 is 2.55 bits per heavy atom. The second-order valence-corrected chi connectivity index (χ2v) is 3.74. The van der Waals surface area contributed by atoms with Gasteiger partial charge in [-0.1, -0.05) is 0 Å². The summed E-state index contributed by atoms with van der Waals surface area (Å²) in [4.78, 5) is 7.28. The first-order valence-electron chi connectivity index (χ1n) is 5.35. The fraction of sp³-hybridized carbons (Fsp3) is 0.0833. The van der Waals surface area contributed by atoms with Crippen molar-refractivity contribution in [1.29, 1.82) is 5.26 Å². The molecule has 0 fully saturated rings. The van der Waals surface area contributed by atoms with Crippen molar-refractivity contribution < 1.29 is 13.5 Å². The predicted molar refractivity (Wildman–Crippen MR) is 67.5 cm³/mol. The van der Waals surface area contributed by atoms with Gasteiger partial charge in [-0.2, -0.15) is 10.2 Å². The first-order valence-corrected chi connectivity index (χ1v) is 5.35. The monoisotopic (exact) mass is 277 g/mol. The molecule has 0 aliphatic heterocycles. The number of hydrogen-bond acceptors (Lipinski definition) is 6. The van der Waals surface area contributed by atoms with E-state index in [9.17, 15) is 8.78 Å². The van der Waals surface area contributed by atoms with Gasteiger partial charge in [0.1, 0.15) is 29.0 Å². The molecule has 8 heteroatoms. The molecule has 4 N–H and O–H groups in total. The average molecular weight is 277 g/mol. The average Bonchev–Trinajstić information content (AvgIpc) is 2.38. The number of nitrogen functional groups attached to an aromatic ring is 2. The van der Waals surface area contributed by atoms with Crippen LogP contribution in [0.4, 0.5) is 20.5 Å². The first kappa shape index (κ1) is 13.5. The topological polar surface area (TPSA) is 111 Å². The summed E-state index contributed by atoms with van der Waals surface area (Å²) in [5, 5.41) is 9.03. The normalized spacial score (nSPS) is 10.1. The van der Waals surface area contributed by atoms with E-state index >= 15 is 0 Å². The molecule has 0 saturated carbocycles. The highest BCUT2D eigenvalue weighted by atomic mass is 19.1. The lowest BCUT2D eigenvalue weighted by molar-refractivity contribution is 0.385. The minimum absolute atomic E-state index is 0.193. The van der Waals surface area contributed by atoms with Crippen LogP contribution in [0.15, 0.2) is 12.1 Å². The smallest absolute Gasteiger partial charge is 0.222 e. The number of methoxy groups -OCH3 is 1. The fourth-order valence-electron chi connectivity index (χ4n) is 1.70. The van der Waals surface area contributed by atoms with Crippen LogP contribution in [0.3, 0.4) is 0 Å². The molecule has 1 aromatic heterocycles. The van der Waals surface area contributed by atoms with E-state index in [1.165, 1.54) is 7.11 Å². The Morgan fingerprint density at radius 1 is 1.25 bits per heavy atom. The summed E-state index contributed by atoms with van der Waals surface area (Å²) in [7, 11) is 1.23. The number of rotatable bonds is 2. The highest BCUT2D eigenvalue weighted by molar-refractivity contribution is 5.74. The van der Waals surface area contributed by atoms with E-state index in [1.807, 2.05) is 0 Å². The molecule has 1 aromatic carbocycles. The van der Waals surface area contributed by atoms with Crippen molar-refractivity contribution in [2.45, 2.75) is 0 Å². The molecule has 0 aliphatic carbocycles. The summed E-state index contributed by atoms with van der Waals surface area (Å²) in [6, 6.07) is 3.81. The molecule has 0 radical (unpaired) electrons. The van der Waals surface area contributed by atoms with E-state index in [-0.39, 0.29) is 28.8 Å². The molecule has 102 valence electrons. The quantitative estimate of drug-likeness (QED) is 0.859. The van der Waals surface area contributed by atoms with E-state index in [2.05, 4.69) is 9.97 Å². The fourth-order valence-corrected chi connectivity index (χ4v) is 1.70. The van der Waals surface area contributed by atoms with Crippen LogP contribution in [0, 0.1) is 23.0 Å². The standard InChI is InChI=1S/C12H9F2N5O/c1-20-7-3-2-6(13)8(9(7)14)10-5(4-15)11(16)19-12(17)18-10/h2-3H,1H3,(H4,16,17,18,19). The van der Waals surface area contributed by atoms with Crippen molar-refractivity contribution >= 4 is 11.8 Å². The lowest BCUT2D eigenvalue weighted by Crippen LogP contribution is -2.07.